The van der Waals surface area contributed by atoms with Gasteiger partial charge < -0.3 is 10.6 Å². The van der Waals surface area contributed by atoms with Gasteiger partial charge in [-0.25, -0.2) is 0 Å². The molecule has 2 aliphatic carbocycles. The predicted octanol–water partition coefficient (Wildman–Crippen LogP) is 1.13. The van der Waals surface area contributed by atoms with Crippen molar-refractivity contribution in [3.8, 4) is 0 Å². The molecule has 0 spiro atoms. The quantitative estimate of drug-likeness (QED) is 0.735. The first-order valence-corrected chi connectivity index (χ1v) is 5.66. The molecule has 0 aromatic rings. The van der Waals surface area contributed by atoms with Crippen LogP contribution in [-0.4, -0.2) is 29.9 Å². The summed E-state index contributed by atoms with van der Waals surface area (Å²) in [5, 5.41) is 0. The van der Waals surface area contributed by atoms with E-state index in [-0.39, 0.29) is 5.91 Å². The fraction of sp³-hybridized carbons (Fsp3) is 0.909. The van der Waals surface area contributed by atoms with Gasteiger partial charge in [-0.05, 0) is 31.6 Å². The number of carbonyl (C=O) groups is 1. The van der Waals surface area contributed by atoms with Gasteiger partial charge in [0, 0.05) is 13.6 Å². The molecule has 2 saturated carbocycles. The number of nitrogens with two attached hydrogens (primary N) is 1. The molecule has 0 bridgehead atoms. The highest BCUT2D eigenvalue weighted by atomic mass is 16.2. The second-order valence-electron chi connectivity index (χ2n) is 4.99. The van der Waals surface area contributed by atoms with Gasteiger partial charge >= 0.3 is 0 Å². The van der Waals surface area contributed by atoms with Crippen molar-refractivity contribution in [2.24, 2.45) is 11.7 Å². The second-order valence-corrected chi connectivity index (χ2v) is 4.99. The number of hydrogen-bond donors (Lipinski definition) is 1. The normalized spacial score (nSPS) is 25.0. The largest absolute Gasteiger partial charge is 0.344 e. The van der Waals surface area contributed by atoms with E-state index in [9.17, 15) is 4.79 Å². The first-order chi connectivity index (χ1) is 6.62. The lowest BCUT2D eigenvalue weighted by Crippen LogP contribution is -2.45. The summed E-state index contributed by atoms with van der Waals surface area (Å²) in [6, 6.07) is 0. The highest BCUT2D eigenvalue weighted by molar-refractivity contribution is 5.88. The molecule has 0 saturated heterocycles. The Morgan fingerprint density at radius 3 is 2.50 bits per heavy atom. The van der Waals surface area contributed by atoms with Crippen LogP contribution in [-0.2, 0) is 4.79 Å². The summed E-state index contributed by atoms with van der Waals surface area (Å²) in [5.74, 6) is 0.885. The minimum atomic E-state index is -0.479. The maximum atomic E-state index is 11.8. The Labute approximate surface area is 85.6 Å². The predicted molar refractivity (Wildman–Crippen MR) is 55.7 cm³/mol. The van der Waals surface area contributed by atoms with Gasteiger partial charge in [0.1, 0.15) is 0 Å². The molecule has 80 valence electrons. The molecule has 0 unspecified atom stereocenters. The van der Waals surface area contributed by atoms with E-state index < -0.39 is 5.54 Å². The molecule has 3 heteroatoms. The lowest BCUT2D eigenvalue weighted by atomic mass is 10.1. The number of rotatable bonds is 3. The molecule has 2 aliphatic rings. The monoisotopic (exact) mass is 196 g/mol. The summed E-state index contributed by atoms with van der Waals surface area (Å²) in [5.41, 5.74) is 5.40. The van der Waals surface area contributed by atoms with E-state index in [0.29, 0.717) is 0 Å². The summed E-state index contributed by atoms with van der Waals surface area (Å²) in [4.78, 5) is 13.7. The number of likely N-dealkylation sites (N-methyl/N-ethyl adjacent to an activating group) is 1. The second kappa shape index (κ2) is 3.54. The third kappa shape index (κ3) is 1.92. The Morgan fingerprint density at radius 1 is 1.43 bits per heavy atom. The van der Waals surface area contributed by atoms with Crippen LogP contribution in [0.15, 0.2) is 0 Å². The van der Waals surface area contributed by atoms with Crippen LogP contribution >= 0.6 is 0 Å². The van der Waals surface area contributed by atoms with Gasteiger partial charge in [0.2, 0.25) is 5.91 Å². The van der Waals surface area contributed by atoms with Gasteiger partial charge in [-0.2, -0.15) is 0 Å². The van der Waals surface area contributed by atoms with Crippen LogP contribution in [0.1, 0.15) is 38.5 Å². The van der Waals surface area contributed by atoms with Crippen molar-refractivity contribution in [1.29, 1.82) is 0 Å². The molecule has 1 amide bonds. The summed E-state index contributed by atoms with van der Waals surface area (Å²) in [6.45, 7) is 0.914. The van der Waals surface area contributed by atoms with Crippen molar-refractivity contribution in [3.05, 3.63) is 0 Å². The Kier molecular flexibility index (Phi) is 2.52. The van der Waals surface area contributed by atoms with E-state index in [0.717, 1.165) is 25.3 Å². The Hall–Kier alpha value is -0.570. The smallest absolute Gasteiger partial charge is 0.242 e. The number of amides is 1. The van der Waals surface area contributed by atoms with Gasteiger partial charge in [-0.1, -0.05) is 12.8 Å². The van der Waals surface area contributed by atoms with Gasteiger partial charge in [0.25, 0.3) is 0 Å². The topological polar surface area (TPSA) is 46.3 Å². The molecule has 0 aliphatic heterocycles. The van der Waals surface area contributed by atoms with Crippen molar-refractivity contribution in [2.45, 2.75) is 44.1 Å². The zero-order valence-corrected chi connectivity index (χ0v) is 8.96. The average molecular weight is 196 g/mol. The number of carbonyl (C=O) groups excluding carboxylic acids is 1. The minimum Gasteiger partial charge on any atom is -0.344 e. The molecular weight excluding hydrogens is 176 g/mol. The summed E-state index contributed by atoms with van der Waals surface area (Å²) in [6.07, 6.45) is 6.99. The molecule has 0 heterocycles. The lowest BCUT2D eigenvalue weighted by molar-refractivity contribution is -0.132. The van der Waals surface area contributed by atoms with Crippen molar-refractivity contribution in [3.63, 3.8) is 0 Å². The third-order valence-corrected chi connectivity index (χ3v) is 3.57. The summed E-state index contributed by atoms with van der Waals surface area (Å²) >= 11 is 0. The SMILES string of the molecule is CN(CC1CCCC1)C(=O)C1(N)CC1. The van der Waals surface area contributed by atoms with Gasteiger partial charge in [-0.3, -0.25) is 4.79 Å². The molecule has 2 rings (SSSR count). The van der Waals surface area contributed by atoms with Crippen molar-refractivity contribution >= 4 is 5.91 Å². The zero-order valence-electron chi connectivity index (χ0n) is 8.96. The van der Waals surface area contributed by atoms with E-state index in [4.69, 9.17) is 5.73 Å². The third-order valence-electron chi connectivity index (χ3n) is 3.57. The molecule has 14 heavy (non-hydrogen) atoms. The van der Waals surface area contributed by atoms with Crippen molar-refractivity contribution in [1.82, 2.24) is 4.90 Å². The number of nitrogens with zero attached hydrogens (tertiary/aromatic N) is 1. The Morgan fingerprint density at radius 2 is 2.00 bits per heavy atom. The average Bonchev–Trinajstić information content (AvgIpc) is 2.71. The minimum absolute atomic E-state index is 0.157. The Balaban J connectivity index is 1.82. The summed E-state index contributed by atoms with van der Waals surface area (Å²) < 4.78 is 0. The molecule has 3 nitrogen and oxygen atoms in total. The highest BCUT2D eigenvalue weighted by Gasteiger charge is 2.47. The van der Waals surface area contributed by atoms with Crippen LogP contribution in [0.5, 0.6) is 0 Å². The van der Waals surface area contributed by atoms with E-state index in [1.165, 1.54) is 25.7 Å². The zero-order chi connectivity index (χ0) is 10.2. The van der Waals surface area contributed by atoms with Crippen LogP contribution in [0.25, 0.3) is 0 Å². The van der Waals surface area contributed by atoms with Crippen LogP contribution in [0.3, 0.4) is 0 Å². The molecule has 0 aromatic heterocycles. The van der Waals surface area contributed by atoms with Crippen LogP contribution in [0.4, 0.5) is 0 Å². The number of hydrogen-bond acceptors (Lipinski definition) is 2. The van der Waals surface area contributed by atoms with E-state index in [2.05, 4.69) is 0 Å². The maximum absolute atomic E-state index is 11.8. The first kappa shape index (κ1) is 9.97. The lowest BCUT2D eigenvalue weighted by Gasteiger charge is -2.23. The van der Waals surface area contributed by atoms with E-state index in [1.807, 2.05) is 11.9 Å². The molecule has 0 atom stereocenters. The molecule has 2 N–H and O–H groups in total. The van der Waals surface area contributed by atoms with E-state index >= 15 is 0 Å². The van der Waals surface area contributed by atoms with Crippen LogP contribution < -0.4 is 5.73 Å². The van der Waals surface area contributed by atoms with Gasteiger partial charge in [-0.15, -0.1) is 0 Å². The fourth-order valence-corrected chi connectivity index (χ4v) is 2.39. The summed E-state index contributed by atoms with van der Waals surface area (Å²) in [7, 11) is 1.90. The van der Waals surface area contributed by atoms with Crippen LogP contribution in [0, 0.1) is 5.92 Å². The van der Waals surface area contributed by atoms with Crippen molar-refractivity contribution < 1.29 is 4.79 Å². The highest BCUT2D eigenvalue weighted by Crippen LogP contribution is 2.34. The van der Waals surface area contributed by atoms with Gasteiger partial charge in [0.15, 0.2) is 0 Å². The van der Waals surface area contributed by atoms with Gasteiger partial charge in [0.05, 0.1) is 5.54 Å². The fourth-order valence-electron chi connectivity index (χ4n) is 2.39. The van der Waals surface area contributed by atoms with Crippen LogP contribution in [0.2, 0.25) is 0 Å². The standard InChI is InChI=1S/C11H20N2O/c1-13(8-9-4-2-3-5-9)10(14)11(12)6-7-11/h9H,2-8,12H2,1H3. The molecule has 0 radical (unpaired) electrons. The molecular formula is C11H20N2O. The van der Waals surface area contributed by atoms with E-state index in [1.54, 1.807) is 0 Å². The first-order valence-electron chi connectivity index (χ1n) is 5.66. The molecule has 2 fully saturated rings. The maximum Gasteiger partial charge on any atom is 0.242 e. The Bertz CT molecular complexity index is 229. The van der Waals surface area contributed by atoms with Crippen molar-refractivity contribution in [2.75, 3.05) is 13.6 Å². The molecule has 0 aromatic carbocycles.